The van der Waals surface area contributed by atoms with Crippen molar-refractivity contribution in [3.05, 3.63) is 86.9 Å². The number of aryl methyl sites for hydroxylation is 2. The first kappa shape index (κ1) is 21.0. The van der Waals surface area contributed by atoms with E-state index in [9.17, 15) is 14.0 Å². The lowest BCUT2D eigenvalue weighted by Crippen LogP contribution is -2.11. The van der Waals surface area contributed by atoms with Crippen molar-refractivity contribution >= 4 is 44.6 Å². The molecular weight excluding hydrogens is 437 g/mol. The largest absolute Gasteiger partial charge is 0.459 e. The van der Waals surface area contributed by atoms with E-state index in [-0.39, 0.29) is 23.4 Å². The molecule has 0 radical (unpaired) electrons. The minimum atomic E-state index is -0.376. The Balaban J connectivity index is 1.44. The molecule has 2 N–H and O–H groups in total. The number of hydrogen-bond acceptors (Lipinski definition) is 6. The SMILES string of the molecule is Cc1cc(NC(=O)c2ccco2)sc1C(=O)Nc1nc(C)c(Cc2ccc(F)cc2)s1. The smallest absolute Gasteiger partial charge is 0.291 e. The van der Waals surface area contributed by atoms with Gasteiger partial charge in [0.1, 0.15) is 5.82 Å². The lowest BCUT2D eigenvalue weighted by Gasteiger charge is -2.00. The van der Waals surface area contributed by atoms with Gasteiger partial charge in [0.25, 0.3) is 11.8 Å². The van der Waals surface area contributed by atoms with Crippen molar-refractivity contribution in [3.63, 3.8) is 0 Å². The molecule has 2 amide bonds. The van der Waals surface area contributed by atoms with Gasteiger partial charge in [-0.25, -0.2) is 9.37 Å². The van der Waals surface area contributed by atoms with Crippen molar-refractivity contribution in [2.75, 3.05) is 10.6 Å². The zero-order valence-electron chi connectivity index (χ0n) is 16.7. The Kier molecular flexibility index (Phi) is 5.97. The van der Waals surface area contributed by atoms with E-state index in [1.54, 1.807) is 37.3 Å². The lowest BCUT2D eigenvalue weighted by atomic mass is 10.1. The van der Waals surface area contributed by atoms with E-state index < -0.39 is 0 Å². The fourth-order valence-electron chi connectivity index (χ4n) is 2.94. The van der Waals surface area contributed by atoms with Crippen LogP contribution in [0, 0.1) is 19.7 Å². The van der Waals surface area contributed by atoms with Crippen LogP contribution in [0.2, 0.25) is 0 Å². The van der Waals surface area contributed by atoms with Crippen LogP contribution in [0.1, 0.15) is 41.9 Å². The van der Waals surface area contributed by atoms with E-state index >= 15 is 0 Å². The van der Waals surface area contributed by atoms with Gasteiger partial charge in [-0.05, 0) is 55.3 Å². The second-order valence-electron chi connectivity index (χ2n) is 6.84. The summed E-state index contributed by atoms with van der Waals surface area (Å²) in [5, 5.41) is 6.62. The van der Waals surface area contributed by atoms with Crippen LogP contribution in [0.4, 0.5) is 14.5 Å². The van der Waals surface area contributed by atoms with E-state index in [1.807, 2.05) is 6.92 Å². The average Bonchev–Trinajstić information content (AvgIpc) is 3.45. The number of rotatable bonds is 6. The molecule has 0 aliphatic carbocycles. The molecule has 6 nitrogen and oxygen atoms in total. The van der Waals surface area contributed by atoms with Gasteiger partial charge in [-0.1, -0.05) is 12.1 Å². The first-order valence-corrected chi connectivity index (χ1v) is 11.0. The maximum atomic E-state index is 13.1. The van der Waals surface area contributed by atoms with Crippen LogP contribution in [-0.4, -0.2) is 16.8 Å². The van der Waals surface area contributed by atoms with E-state index in [2.05, 4.69) is 15.6 Å². The molecule has 3 aromatic heterocycles. The molecule has 0 unspecified atom stereocenters. The normalized spacial score (nSPS) is 10.8. The van der Waals surface area contributed by atoms with Gasteiger partial charge in [-0.15, -0.1) is 22.7 Å². The summed E-state index contributed by atoms with van der Waals surface area (Å²) >= 11 is 2.57. The minimum absolute atomic E-state index is 0.198. The molecule has 9 heteroatoms. The van der Waals surface area contributed by atoms with E-state index in [0.717, 1.165) is 21.7 Å². The summed E-state index contributed by atoms with van der Waals surface area (Å²) in [6, 6.07) is 11.3. The van der Waals surface area contributed by atoms with Crippen LogP contribution in [-0.2, 0) is 6.42 Å². The summed E-state index contributed by atoms with van der Waals surface area (Å²) in [6.07, 6.45) is 2.04. The van der Waals surface area contributed by atoms with Crippen molar-refractivity contribution in [3.8, 4) is 0 Å². The van der Waals surface area contributed by atoms with Gasteiger partial charge in [-0.2, -0.15) is 0 Å². The third-order valence-electron chi connectivity index (χ3n) is 4.50. The number of furan rings is 1. The molecule has 4 rings (SSSR count). The quantitative estimate of drug-likeness (QED) is 0.394. The number of halogens is 1. The molecule has 3 heterocycles. The fourth-order valence-corrected chi connectivity index (χ4v) is 4.89. The van der Waals surface area contributed by atoms with Crippen molar-refractivity contribution < 1.29 is 18.4 Å². The van der Waals surface area contributed by atoms with Crippen LogP contribution >= 0.6 is 22.7 Å². The van der Waals surface area contributed by atoms with Crippen LogP contribution in [0.3, 0.4) is 0 Å². The predicted octanol–water partition coefficient (Wildman–Crippen LogP) is 5.65. The molecule has 0 spiro atoms. The van der Waals surface area contributed by atoms with Gasteiger partial charge in [0.05, 0.1) is 21.8 Å². The maximum Gasteiger partial charge on any atom is 0.291 e. The molecule has 158 valence electrons. The Hall–Kier alpha value is -3.30. The Labute approximate surface area is 185 Å². The summed E-state index contributed by atoms with van der Waals surface area (Å²) in [5.74, 6) is -0.741. The number of thiazole rings is 1. The number of carbonyl (C=O) groups excluding carboxylic acids is 2. The molecule has 0 aliphatic heterocycles. The second kappa shape index (κ2) is 8.83. The summed E-state index contributed by atoms with van der Waals surface area (Å²) in [4.78, 5) is 30.8. The minimum Gasteiger partial charge on any atom is -0.459 e. The zero-order valence-corrected chi connectivity index (χ0v) is 18.3. The summed E-state index contributed by atoms with van der Waals surface area (Å²) in [5.41, 5.74) is 2.54. The van der Waals surface area contributed by atoms with Gasteiger partial charge >= 0.3 is 0 Å². The standard InChI is InChI=1S/C22H18FN3O3S2/c1-12-10-18(25-20(27)16-4-3-9-29-16)31-19(12)21(28)26-22-24-13(2)17(30-22)11-14-5-7-15(23)8-6-14/h3-10H,11H2,1-2H3,(H,25,27)(H,24,26,28). The highest BCUT2D eigenvalue weighted by atomic mass is 32.1. The van der Waals surface area contributed by atoms with E-state index in [1.165, 1.54) is 41.1 Å². The fraction of sp³-hybridized carbons (Fsp3) is 0.136. The highest BCUT2D eigenvalue weighted by molar-refractivity contribution is 7.19. The topological polar surface area (TPSA) is 84.2 Å². The Morgan fingerprint density at radius 3 is 2.55 bits per heavy atom. The van der Waals surface area contributed by atoms with Crippen LogP contribution in [0.5, 0.6) is 0 Å². The monoisotopic (exact) mass is 455 g/mol. The Morgan fingerprint density at radius 2 is 1.84 bits per heavy atom. The Bertz CT molecular complexity index is 1230. The molecule has 0 aliphatic rings. The van der Waals surface area contributed by atoms with Crippen molar-refractivity contribution in [2.24, 2.45) is 0 Å². The van der Waals surface area contributed by atoms with E-state index in [4.69, 9.17) is 4.42 Å². The van der Waals surface area contributed by atoms with Crippen molar-refractivity contribution in [1.82, 2.24) is 4.98 Å². The highest BCUT2D eigenvalue weighted by Gasteiger charge is 2.18. The number of benzene rings is 1. The molecule has 0 atom stereocenters. The number of hydrogen-bond donors (Lipinski definition) is 2. The number of thiophene rings is 1. The van der Waals surface area contributed by atoms with Crippen molar-refractivity contribution in [1.29, 1.82) is 0 Å². The van der Waals surface area contributed by atoms with Crippen LogP contribution < -0.4 is 10.6 Å². The molecule has 1 aromatic carbocycles. The predicted molar refractivity (Wildman–Crippen MR) is 120 cm³/mol. The first-order valence-electron chi connectivity index (χ1n) is 9.36. The lowest BCUT2D eigenvalue weighted by molar-refractivity contribution is 0.0995. The number of aromatic nitrogens is 1. The molecule has 0 bridgehead atoms. The average molecular weight is 456 g/mol. The summed E-state index contributed by atoms with van der Waals surface area (Å²) in [6.45, 7) is 3.69. The molecule has 0 fully saturated rings. The van der Waals surface area contributed by atoms with Crippen molar-refractivity contribution in [2.45, 2.75) is 20.3 Å². The zero-order chi connectivity index (χ0) is 22.0. The molecule has 31 heavy (non-hydrogen) atoms. The number of nitrogens with one attached hydrogen (secondary N) is 2. The van der Waals surface area contributed by atoms with E-state index in [0.29, 0.717) is 21.4 Å². The van der Waals surface area contributed by atoms with Gasteiger partial charge < -0.3 is 9.73 Å². The van der Waals surface area contributed by atoms with Gasteiger partial charge in [-0.3, -0.25) is 14.9 Å². The van der Waals surface area contributed by atoms with Gasteiger partial charge in [0.2, 0.25) is 0 Å². The molecule has 0 saturated heterocycles. The maximum absolute atomic E-state index is 13.1. The molecule has 4 aromatic rings. The van der Waals surface area contributed by atoms with Crippen LogP contribution in [0.15, 0.2) is 53.1 Å². The number of amides is 2. The van der Waals surface area contributed by atoms with Crippen LogP contribution in [0.25, 0.3) is 0 Å². The third-order valence-corrected chi connectivity index (χ3v) is 6.72. The second-order valence-corrected chi connectivity index (χ2v) is 8.98. The molecular formula is C22H18FN3O3S2. The summed E-state index contributed by atoms with van der Waals surface area (Å²) < 4.78 is 18.2. The highest BCUT2D eigenvalue weighted by Crippen LogP contribution is 2.30. The third kappa shape index (κ3) is 4.89. The number of nitrogens with zero attached hydrogens (tertiary/aromatic N) is 1. The summed E-state index contributed by atoms with van der Waals surface area (Å²) in [7, 11) is 0. The van der Waals surface area contributed by atoms with Gasteiger partial charge in [0, 0.05) is 11.3 Å². The van der Waals surface area contributed by atoms with Gasteiger partial charge in [0.15, 0.2) is 10.9 Å². The first-order chi connectivity index (χ1) is 14.9. The Morgan fingerprint density at radius 1 is 1.06 bits per heavy atom. The molecule has 0 saturated carbocycles. The number of carbonyl (C=O) groups is 2. The number of anilines is 2.